The summed E-state index contributed by atoms with van der Waals surface area (Å²) in [6.07, 6.45) is 5.09. The van der Waals surface area contributed by atoms with Crippen LogP contribution in [0.1, 0.15) is 43.7 Å². The van der Waals surface area contributed by atoms with Gasteiger partial charge in [-0.05, 0) is 57.7 Å². The van der Waals surface area contributed by atoms with Crippen LogP contribution in [0.3, 0.4) is 0 Å². The topological polar surface area (TPSA) is 47.8 Å². The van der Waals surface area contributed by atoms with Gasteiger partial charge in [0, 0.05) is 35.1 Å². The molecule has 7 aliphatic rings. The highest BCUT2D eigenvalue weighted by molar-refractivity contribution is 5.82. The van der Waals surface area contributed by atoms with Crippen LogP contribution in [0, 0.1) is 11.3 Å². The molecule has 0 radical (unpaired) electrons. The Morgan fingerprint density at radius 3 is 2.82 bits per heavy atom. The third-order valence-electron chi connectivity index (χ3n) is 10.0. The summed E-state index contributed by atoms with van der Waals surface area (Å²) in [7, 11) is 5.80. The minimum atomic E-state index is -0.525. The van der Waals surface area contributed by atoms with E-state index in [1.54, 1.807) is 21.1 Å². The Kier molecular flexibility index (Phi) is 2.49. The van der Waals surface area contributed by atoms with Gasteiger partial charge in [-0.3, -0.25) is 9.69 Å². The summed E-state index contributed by atoms with van der Waals surface area (Å²) >= 11 is 0. The minimum Gasteiger partial charge on any atom is -0.493 e. The highest BCUT2D eigenvalue weighted by Gasteiger charge is 2.91. The van der Waals surface area contributed by atoms with Gasteiger partial charge >= 0.3 is 0 Å². The molecule has 0 N–H and O–H groups in total. The number of rotatable bonds is 3. The third-order valence-corrected chi connectivity index (χ3v) is 10.0. The molecule has 4 saturated carbocycles. The van der Waals surface area contributed by atoms with Crippen LogP contribution in [0.2, 0.25) is 0 Å². The summed E-state index contributed by atoms with van der Waals surface area (Å²) in [5.41, 5.74) is 2.59. The fourth-order valence-corrected chi connectivity index (χ4v) is 9.26. The van der Waals surface area contributed by atoms with E-state index < -0.39 is 5.60 Å². The molecule has 2 heterocycles. The number of piperidine rings is 1. The van der Waals surface area contributed by atoms with E-state index in [1.165, 1.54) is 11.1 Å². The van der Waals surface area contributed by atoms with Gasteiger partial charge in [-0.2, -0.15) is 0 Å². The zero-order valence-corrected chi connectivity index (χ0v) is 17.0. The zero-order valence-electron chi connectivity index (χ0n) is 17.0. The van der Waals surface area contributed by atoms with Crippen molar-refractivity contribution >= 4 is 5.78 Å². The van der Waals surface area contributed by atoms with Crippen LogP contribution in [0.5, 0.6) is 11.5 Å². The molecule has 2 aliphatic heterocycles. The second-order valence-corrected chi connectivity index (χ2v) is 10.3. The number of nitrogens with zero attached hydrogens (tertiary/aromatic N) is 1. The summed E-state index contributed by atoms with van der Waals surface area (Å²) in [4.78, 5) is 15.5. The lowest BCUT2D eigenvalue weighted by Gasteiger charge is -2.66. The second-order valence-electron chi connectivity index (χ2n) is 10.3. The van der Waals surface area contributed by atoms with Crippen molar-refractivity contribution in [3.05, 3.63) is 23.3 Å². The highest BCUT2D eigenvalue weighted by atomic mass is 16.6. The molecule has 1 aromatic rings. The number of hydrogen-bond donors (Lipinski definition) is 0. The van der Waals surface area contributed by atoms with Crippen molar-refractivity contribution in [2.24, 2.45) is 11.3 Å². The third kappa shape index (κ3) is 1.23. The van der Waals surface area contributed by atoms with E-state index in [0.29, 0.717) is 6.04 Å². The molecule has 148 valence electrons. The van der Waals surface area contributed by atoms with Crippen LogP contribution in [-0.4, -0.2) is 55.2 Å². The summed E-state index contributed by atoms with van der Waals surface area (Å²) in [5.74, 6) is 1.92. The minimum absolute atomic E-state index is 0.0398. The van der Waals surface area contributed by atoms with Crippen molar-refractivity contribution in [1.29, 1.82) is 0 Å². The number of benzene rings is 1. The molecule has 0 aromatic heterocycles. The van der Waals surface area contributed by atoms with E-state index in [-0.39, 0.29) is 34.2 Å². The zero-order chi connectivity index (χ0) is 19.3. The van der Waals surface area contributed by atoms with Gasteiger partial charge in [0.05, 0.1) is 13.0 Å². The summed E-state index contributed by atoms with van der Waals surface area (Å²) < 4.78 is 18.8. The van der Waals surface area contributed by atoms with E-state index in [2.05, 4.69) is 24.1 Å². The summed E-state index contributed by atoms with van der Waals surface area (Å²) in [6, 6.07) is 4.88. The largest absolute Gasteiger partial charge is 0.493 e. The molecule has 5 unspecified atom stereocenters. The predicted molar refractivity (Wildman–Crippen MR) is 102 cm³/mol. The highest BCUT2D eigenvalue weighted by Crippen LogP contribution is 2.84. The number of ether oxygens (including phenoxy) is 3. The van der Waals surface area contributed by atoms with E-state index in [1.807, 2.05) is 0 Å². The Labute approximate surface area is 165 Å². The van der Waals surface area contributed by atoms with Gasteiger partial charge < -0.3 is 14.2 Å². The van der Waals surface area contributed by atoms with Crippen molar-refractivity contribution in [2.45, 2.75) is 67.7 Å². The molecule has 1 saturated heterocycles. The molecular formula is C23H27NO4. The van der Waals surface area contributed by atoms with Gasteiger partial charge in [0.15, 0.2) is 11.5 Å². The molecular weight excluding hydrogens is 354 g/mol. The van der Waals surface area contributed by atoms with Gasteiger partial charge in [-0.15, -0.1) is 0 Å². The molecule has 8 atom stereocenters. The maximum absolute atomic E-state index is 12.8. The van der Waals surface area contributed by atoms with Crippen LogP contribution in [0.25, 0.3) is 0 Å². The van der Waals surface area contributed by atoms with Crippen molar-refractivity contribution in [3.63, 3.8) is 0 Å². The molecule has 3 spiro atoms. The monoisotopic (exact) mass is 381 g/mol. The van der Waals surface area contributed by atoms with Gasteiger partial charge in [0.25, 0.3) is 0 Å². The number of carbonyl (C=O) groups is 1. The van der Waals surface area contributed by atoms with Crippen LogP contribution < -0.4 is 9.47 Å². The number of carbonyl (C=O) groups excluding carboxylic acids is 1. The maximum atomic E-state index is 12.8. The van der Waals surface area contributed by atoms with E-state index >= 15 is 0 Å². The molecule has 1 aromatic carbocycles. The number of hydrogen-bond acceptors (Lipinski definition) is 5. The van der Waals surface area contributed by atoms with Gasteiger partial charge in [0.1, 0.15) is 17.5 Å². The maximum Gasteiger partial charge on any atom is 0.165 e. The molecule has 4 bridgehead atoms. The van der Waals surface area contributed by atoms with E-state index in [9.17, 15) is 4.79 Å². The Balaban J connectivity index is 1.58. The first-order valence-corrected chi connectivity index (χ1v) is 10.6. The van der Waals surface area contributed by atoms with Crippen LogP contribution in [-0.2, 0) is 21.4 Å². The molecule has 28 heavy (non-hydrogen) atoms. The fraction of sp³-hybridized carbons (Fsp3) is 0.696. The van der Waals surface area contributed by atoms with Crippen molar-refractivity contribution in [1.82, 2.24) is 4.90 Å². The number of ketones is 1. The number of methoxy groups -OCH3 is 2. The molecule has 5 aliphatic carbocycles. The van der Waals surface area contributed by atoms with Gasteiger partial charge in [-0.25, -0.2) is 0 Å². The molecule has 5 heteroatoms. The Hall–Kier alpha value is -1.59. The average Bonchev–Trinajstić information content (AvgIpc) is 3.00. The standard InChI is InChI=1S/C23H27NO4/c1-12(25)14-10-20-7-8-23(14,27-4)19-22(20)11-21(18(20)24(21)2)9-13-5-6-15(26-3)17(28-19)16(13)22/h5-6,14,18-19H,7-11H2,1-4H3/t14?,18?,19?,20?,21-,22+,23?,24-/m1/s1. The van der Waals surface area contributed by atoms with Crippen molar-refractivity contribution in [3.8, 4) is 11.5 Å². The summed E-state index contributed by atoms with van der Waals surface area (Å²) in [6.45, 7) is 1.75. The second kappa shape index (κ2) is 4.29. The Bertz CT molecular complexity index is 976. The van der Waals surface area contributed by atoms with Gasteiger partial charge in [0.2, 0.25) is 0 Å². The molecule has 0 amide bonds. The predicted octanol–water partition coefficient (Wildman–Crippen LogP) is 2.48. The van der Waals surface area contributed by atoms with E-state index in [0.717, 1.165) is 43.6 Å². The summed E-state index contributed by atoms with van der Waals surface area (Å²) in [5, 5.41) is 0. The lowest BCUT2D eigenvalue weighted by Crippen LogP contribution is -2.75. The average molecular weight is 381 g/mol. The van der Waals surface area contributed by atoms with Gasteiger partial charge in [-0.1, -0.05) is 6.07 Å². The normalized spacial score (nSPS) is 52.7. The number of fused-ring (bicyclic) bond motifs is 2. The quantitative estimate of drug-likeness (QED) is 0.753. The molecule has 5 nitrogen and oxygen atoms in total. The first-order chi connectivity index (χ1) is 13.4. The Morgan fingerprint density at radius 2 is 2.11 bits per heavy atom. The lowest BCUT2D eigenvalue weighted by atomic mass is 9.40. The first-order valence-electron chi connectivity index (χ1n) is 10.6. The number of Topliss-reactive ketones (excluding diaryl/α,β-unsaturated/α-hetero) is 1. The molecule has 5 fully saturated rings. The number of likely N-dealkylation sites (tertiary alicyclic amines) is 1. The smallest absolute Gasteiger partial charge is 0.165 e. The van der Waals surface area contributed by atoms with Crippen LogP contribution in [0.4, 0.5) is 0 Å². The van der Waals surface area contributed by atoms with Crippen molar-refractivity contribution in [2.75, 3.05) is 21.3 Å². The van der Waals surface area contributed by atoms with Crippen LogP contribution >= 0.6 is 0 Å². The van der Waals surface area contributed by atoms with Crippen molar-refractivity contribution < 1.29 is 19.0 Å². The lowest BCUT2D eigenvalue weighted by molar-refractivity contribution is -0.241. The van der Waals surface area contributed by atoms with E-state index in [4.69, 9.17) is 14.2 Å². The fourth-order valence-electron chi connectivity index (χ4n) is 9.26. The Morgan fingerprint density at radius 1 is 1.29 bits per heavy atom. The molecule has 8 rings (SSSR count). The first kappa shape index (κ1) is 16.2. The SMILES string of the molecule is COc1ccc2c3c1OC1C4(OC)CCC5(CC4C(C)=O)C4[N@@](C)[C@]4(C2)C[C@]315. The number of likely N-dealkylation sites (N-methyl/N-ethyl adjacent to an activating group) is 1. The van der Waals surface area contributed by atoms with Crippen LogP contribution in [0.15, 0.2) is 12.1 Å².